The first-order chi connectivity index (χ1) is 10.8. The van der Waals surface area contributed by atoms with E-state index >= 15 is 0 Å². The van der Waals surface area contributed by atoms with Crippen molar-refractivity contribution < 1.29 is 13.2 Å². The van der Waals surface area contributed by atoms with Gasteiger partial charge in [-0.25, -0.2) is 9.97 Å². The first kappa shape index (κ1) is 16.0. The fourth-order valence-electron chi connectivity index (χ4n) is 2.23. The molecule has 0 bridgehead atoms. The number of aryl methyl sites for hydroxylation is 1. The maximum absolute atomic E-state index is 12.7. The number of halogens is 4. The Morgan fingerprint density at radius 1 is 1.04 bits per heavy atom. The van der Waals surface area contributed by atoms with Crippen LogP contribution in [0.25, 0.3) is 16.9 Å². The van der Waals surface area contributed by atoms with Gasteiger partial charge in [-0.2, -0.15) is 13.2 Å². The van der Waals surface area contributed by atoms with Gasteiger partial charge in [-0.05, 0) is 64.9 Å². The number of rotatable bonds is 2. The van der Waals surface area contributed by atoms with Crippen LogP contribution in [0.2, 0.25) is 0 Å². The summed E-state index contributed by atoms with van der Waals surface area (Å²) in [5, 5.41) is 0. The van der Waals surface area contributed by atoms with Crippen molar-refractivity contribution in [1.82, 2.24) is 14.5 Å². The van der Waals surface area contributed by atoms with E-state index in [1.165, 1.54) is 12.1 Å². The number of alkyl halides is 3. The van der Waals surface area contributed by atoms with Gasteiger partial charge in [0.25, 0.3) is 0 Å². The normalized spacial score (nSPS) is 11.7. The molecule has 0 saturated carbocycles. The summed E-state index contributed by atoms with van der Waals surface area (Å²) in [7, 11) is 0. The standard InChI is InChI=1S/C16H11F3IN3/c1-10-6-12(7-15(22-10)23-8-14(20)21-9-23)11-2-4-13(5-3-11)16(17,18)19/h2-9H,1H3. The highest BCUT2D eigenvalue weighted by Gasteiger charge is 2.29. The molecule has 3 rings (SSSR count). The van der Waals surface area contributed by atoms with Crippen molar-refractivity contribution in [3.63, 3.8) is 0 Å². The highest BCUT2D eigenvalue weighted by Crippen LogP contribution is 2.31. The van der Waals surface area contributed by atoms with Crippen LogP contribution in [0.1, 0.15) is 11.3 Å². The van der Waals surface area contributed by atoms with Crippen molar-refractivity contribution in [3.8, 4) is 16.9 Å². The van der Waals surface area contributed by atoms with Crippen LogP contribution in [0.4, 0.5) is 13.2 Å². The van der Waals surface area contributed by atoms with E-state index in [-0.39, 0.29) is 0 Å². The Morgan fingerprint density at radius 2 is 1.74 bits per heavy atom. The van der Waals surface area contributed by atoms with Gasteiger partial charge in [0.05, 0.1) is 5.56 Å². The first-order valence-corrected chi connectivity index (χ1v) is 7.77. The second-order valence-corrected chi connectivity index (χ2v) is 6.14. The van der Waals surface area contributed by atoms with Crippen molar-refractivity contribution >= 4 is 22.6 Å². The topological polar surface area (TPSA) is 30.7 Å². The van der Waals surface area contributed by atoms with Crippen molar-refractivity contribution in [2.24, 2.45) is 0 Å². The number of aromatic nitrogens is 3. The van der Waals surface area contributed by atoms with Gasteiger partial charge in [-0.3, -0.25) is 4.57 Å². The van der Waals surface area contributed by atoms with E-state index < -0.39 is 11.7 Å². The Balaban J connectivity index is 2.01. The average molecular weight is 429 g/mol. The van der Waals surface area contributed by atoms with Gasteiger partial charge in [0.2, 0.25) is 0 Å². The lowest BCUT2D eigenvalue weighted by molar-refractivity contribution is -0.137. The van der Waals surface area contributed by atoms with E-state index in [9.17, 15) is 13.2 Å². The molecule has 1 aromatic carbocycles. The number of nitrogens with zero attached hydrogens (tertiary/aromatic N) is 3. The smallest absolute Gasteiger partial charge is 0.289 e. The Labute approximate surface area is 144 Å². The molecule has 7 heteroatoms. The molecule has 2 aromatic heterocycles. The molecule has 0 radical (unpaired) electrons. The van der Waals surface area contributed by atoms with Crippen molar-refractivity contribution in [1.29, 1.82) is 0 Å². The molecule has 0 aliphatic heterocycles. The number of benzene rings is 1. The van der Waals surface area contributed by atoms with E-state index in [4.69, 9.17) is 0 Å². The maximum Gasteiger partial charge on any atom is 0.416 e. The van der Waals surface area contributed by atoms with Gasteiger partial charge < -0.3 is 0 Å². The van der Waals surface area contributed by atoms with Crippen LogP contribution in [0.5, 0.6) is 0 Å². The van der Waals surface area contributed by atoms with Crippen LogP contribution in [0.3, 0.4) is 0 Å². The van der Waals surface area contributed by atoms with Crippen LogP contribution in [0, 0.1) is 10.6 Å². The van der Waals surface area contributed by atoms with Gasteiger partial charge in [-0.1, -0.05) is 12.1 Å². The largest absolute Gasteiger partial charge is 0.416 e. The predicted octanol–water partition coefficient (Wildman–Crippen LogP) is 4.87. The number of hydrogen-bond donors (Lipinski definition) is 0. The zero-order valence-corrected chi connectivity index (χ0v) is 14.1. The minimum atomic E-state index is -4.33. The highest BCUT2D eigenvalue weighted by atomic mass is 127. The van der Waals surface area contributed by atoms with Gasteiger partial charge in [0.15, 0.2) is 0 Å². The summed E-state index contributed by atoms with van der Waals surface area (Å²) in [6, 6.07) is 8.79. The lowest BCUT2D eigenvalue weighted by Crippen LogP contribution is -2.04. The molecule has 0 spiro atoms. The summed E-state index contributed by atoms with van der Waals surface area (Å²) in [6.07, 6.45) is -0.843. The van der Waals surface area contributed by atoms with E-state index in [0.29, 0.717) is 11.4 Å². The van der Waals surface area contributed by atoms with Gasteiger partial charge >= 0.3 is 6.18 Å². The quantitative estimate of drug-likeness (QED) is 0.545. The third kappa shape index (κ3) is 3.54. The van der Waals surface area contributed by atoms with E-state index in [1.807, 2.05) is 25.3 Å². The minimum absolute atomic E-state index is 0.656. The summed E-state index contributed by atoms with van der Waals surface area (Å²) < 4.78 is 40.6. The summed E-state index contributed by atoms with van der Waals surface area (Å²) in [6.45, 7) is 1.85. The third-order valence-corrected chi connectivity index (χ3v) is 3.86. The SMILES string of the molecule is Cc1cc(-c2ccc(C(F)(F)F)cc2)cc(-n2cnc(I)c2)n1. The van der Waals surface area contributed by atoms with Gasteiger partial charge in [-0.15, -0.1) is 0 Å². The minimum Gasteiger partial charge on any atom is -0.289 e. The first-order valence-electron chi connectivity index (χ1n) is 6.69. The van der Waals surface area contributed by atoms with Crippen LogP contribution in [-0.4, -0.2) is 14.5 Å². The molecule has 0 atom stereocenters. The Bertz CT molecular complexity index is 839. The summed E-state index contributed by atoms with van der Waals surface area (Å²) in [5.41, 5.74) is 1.64. The third-order valence-electron chi connectivity index (χ3n) is 3.30. The lowest BCUT2D eigenvalue weighted by atomic mass is 10.0. The van der Waals surface area contributed by atoms with Crippen molar-refractivity contribution in [2.45, 2.75) is 13.1 Å². The molecule has 0 fully saturated rings. The number of pyridine rings is 1. The monoisotopic (exact) mass is 429 g/mol. The molecular weight excluding hydrogens is 418 g/mol. The second kappa shape index (κ2) is 5.95. The molecule has 23 heavy (non-hydrogen) atoms. The maximum atomic E-state index is 12.7. The molecule has 0 N–H and O–H groups in total. The summed E-state index contributed by atoms with van der Waals surface area (Å²) in [5.74, 6) is 0.676. The molecular formula is C16H11F3IN3. The molecule has 2 heterocycles. The van der Waals surface area contributed by atoms with Crippen molar-refractivity contribution in [2.75, 3.05) is 0 Å². The predicted molar refractivity (Wildman–Crippen MR) is 89.3 cm³/mol. The Morgan fingerprint density at radius 3 is 2.30 bits per heavy atom. The molecule has 0 aliphatic carbocycles. The van der Waals surface area contributed by atoms with Gasteiger partial charge in [0, 0.05) is 11.9 Å². The van der Waals surface area contributed by atoms with Crippen LogP contribution in [0.15, 0.2) is 48.9 Å². The van der Waals surface area contributed by atoms with Crippen LogP contribution in [-0.2, 0) is 6.18 Å². The molecule has 0 saturated heterocycles. The number of imidazole rings is 1. The van der Waals surface area contributed by atoms with Crippen LogP contribution < -0.4 is 0 Å². The zero-order valence-electron chi connectivity index (χ0n) is 12.0. The fourth-order valence-corrected chi connectivity index (χ4v) is 2.65. The van der Waals surface area contributed by atoms with E-state index in [0.717, 1.165) is 27.1 Å². The van der Waals surface area contributed by atoms with E-state index in [1.54, 1.807) is 10.9 Å². The van der Waals surface area contributed by atoms with Crippen molar-refractivity contribution in [3.05, 3.63) is 63.9 Å². The molecule has 0 aliphatic rings. The summed E-state index contributed by atoms with van der Waals surface area (Å²) in [4.78, 5) is 8.59. The molecule has 3 nitrogen and oxygen atoms in total. The Kier molecular flexibility index (Phi) is 4.13. The molecule has 0 unspecified atom stereocenters. The van der Waals surface area contributed by atoms with E-state index in [2.05, 4.69) is 32.6 Å². The average Bonchev–Trinajstić information content (AvgIpc) is 2.92. The summed E-state index contributed by atoms with van der Waals surface area (Å²) >= 11 is 2.10. The highest BCUT2D eigenvalue weighted by molar-refractivity contribution is 14.1. The second-order valence-electron chi connectivity index (χ2n) is 5.03. The molecule has 3 aromatic rings. The molecule has 0 amide bonds. The zero-order chi connectivity index (χ0) is 16.6. The number of hydrogen-bond acceptors (Lipinski definition) is 2. The van der Waals surface area contributed by atoms with Crippen LogP contribution >= 0.6 is 22.6 Å². The Hall–Kier alpha value is -1.90. The van der Waals surface area contributed by atoms with Gasteiger partial charge in [0.1, 0.15) is 15.8 Å². The fraction of sp³-hybridized carbons (Fsp3) is 0.125. The lowest BCUT2D eigenvalue weighted by Gasteiger charge is -2.10. The molecule has 118 valence electrons.